The van der Waals surface area contributed by atoms with Crippen LogP contribution in [-0.4, -0.2) is 9.97 Å². The molecular formula is C10H7ClN2O2. The number of H-pyrrole nitrogens is 1. The molecule has 1 aromatic heterocycles. The van der Waals surface area contributed by atoms with Gasteiger partial charge in [-0.2, -0.15) is 0 Å². The SMILES string of the molecule is O=c1[nH]cnc(Cl)c1Oc1ccccc1. The zero-order chi connectivity index (χ0) is 10.7. The summed E-state index contributed by atoms with van der Waals surface area (Å²) in [5, 5.41) is 0.0441. The normalized spacial score (nSPS) is 9.93. The van der Waals surface area contributed by atoms with E-state index in [0.717, 1.165) is 0 Å². The van der Waals surface area contributed by atoms with Gasteiger partial charge in [-0.1, -0.05) is 29.8 Å². The topological polar surface area (TPSA) is 55.0 Å². The van der Waals surface area contributed by atoms with E-state index in [1.807, 2.05) is 6.07 Å². The van der Waals surface area contributed by atoms with Crippen LogP contribution >= 0.6 is 11.6 Å². The number of ether oxygens (including phenoxy) is 1. The number of benzene rings is 1. The van der Waals surface area contributed by atoms with Gasteiger partial charge >= 0.3 is 0 Å². The van der Waals surface area contributed by atoms with E-state index in [0.29, 0.717) is 5.75 Å². The first-order chi connectivity index (χ1) is 7.27. The molecule has 0 unspecified atom stereocenters. The molecule has 0 radical (unpaired) electrons. The first-order valence-electron chi connectivity index (χ1n) is 4.23. The minimum absolute atomic E-state index is 0.00497. The van der Waals surface area contributed by atoms with Crippen LogP contribution in [0.5, 0.6) is 11.5 Å². The minimum Gasteiger partial charge on any atom is -0.448 e. The lowest BCUT2D eigenvalue weighted by Gasteiger charge is -2.04. The summed E-state index contributed by atoms with van der Waals surface area (Å²) >= 11 is 5.72. The van der Waals surface area contributed by atoms with Gasteiger partial charge < -0.3 is 9.72 Å². The molecule has 0 fully saturated rings. The van der Waals surface area contributed by atoms with E-state index in [1.165, 1.54) is 6.33 Å². The van der Waals surface area contributed by atoms with Gasteiger partial charge in [0.25, 0.3) is 5.56 Å². The van der Waals surface area contributed by atoms with Crippen LogP contribution in [0.15, 0.2) is 41.5 Å². The molecule has 2 aromatic rings. The average molecular weight is 223 g/mol. The summed E-state index contributed by atoms with van der Waals surface area (Å²) in [5.41, 5.74) is -0.404. The molecule has 0 spiro atoms. The predicted molar refractivity (Wildman–Crippen MR) is 56.4 cm³/mol. The zero-order valence-corrected chi connectivity index (χ0v) is 8.36. The number of nitrogens with one attached hydrogen (secondary N) is 1. The van der Waals surface area contributed by atoms with Gasteiger partial charge in [-0.3, -0.25) is 4.79 Å². The molecule has 0 aliphatic rings. The minimum atomic E-state index is -0.404. The second-order valence-electron chi connectivity index (χ2n) is 2.77. The summed E-state index contributed by atoms with van der Waals surface area (Å²) in [5.74, 6) is 0.545. The Hall–Kier alpha value is -1.81. The highest BCUT2D eigenvalue weighted by Crippen LogP contribution is 2.22. The van der Waals surface area contributed by atoms with E-state index in [4.69, 9.17) is 16.3 Å². The van der Waals surface area contributed by atoms with Crippen molar-refractivity contribution in [2.45, 2.75) is 0 Å². The Bertz CT molecular complexity index is 510. The fraction of sp³-hybridized carbons (Fsp3) is 0. The molecule has 0 amide bonds. The Labute approximate surface area is 90.5 Å². The highest BCUT2D eigenvalue weighted by atomic mass is 35.5. The van der Waals surface area contributed by atoms with Gasteiger partial charge in [-0.15, -0.1) is 0 Å². The summed E-state index contributed by atoms with van der Waals surface area (Å²) < 4.78 is 5.30. The monoisotopic (exact) mass is 222 g/mol. The molecule has 15 heavy (non-hydrogen) atoms. The molecule has 1 aromatic carbocycles. The Morgan fingerprint density at radius 3 is 2.67 bits per heavy atom. The van der Waals surface area contributed by atoms with Crippen LogP contribution in [-0.2, 0) is 0 Å². The van der Waals surface area contributed by atoms with Crippen LogP contribution in [0.4, 0.5) is 0 Å². The van der Waals surface area contributed by atoms with Crippen molar-refractivity contribution in [3.05, 3.63) is 52.2 Å². The molecule has 1 heterocycles. The molecular weight excluding hydrogens is 216 g/mol. The van der Waals surface area contributed by atoms with E-state index in [2.05, 4.69) is 9.97 Å². The summed E-state index contributed by atoms with van der Waals surface area (Å²) in [4.78, 5) is 17.4. The van der Waals surface area contributed by atoms with E-state index in [1.54, 1.807) is 24.3 Å². The van der Waals surface area contributed by atoms with Crippen molar-refractivity contribution in [2.75, 3.05) is 0 Å². The molecule has 1 N–H and O–H groups in total. The molecule has 5 heteroatoms. The first-order valence-corrected chi connectivity index (χ1v) is 4.61. The van der Waals surface area contributed by atoms with E-state index >= 15 is 0 Å². The molecule has 4 nitrogen and oxygen atoms in total. The van der Waals surface area contributed by atoms with Crippen molar-refractivity contribution < 1.29 is 4.74 Å². The zero-order valence-electron chi connectivity index (χ0n) is 7.61. The smallest absolute Gasteiger partial charge is 0.295 e. The van der Waals surface area contributed by atoms with Gasteiger partial charge in [-0.25, -0.2) is 4.98 Å². The third-order valence-corrected chi connectivity index (χ3v) is 2.00. The van der Waals surface area contributed by atoms with Crippen molar-refractivity contribution in [2.24, 2.45) is 0 Å². The highest BCUT2D eigenvalue weighted by Gasteiger charge is 2.08. The van der Waals surface area contributed by atoms with Gasteiger partial charge in [0.1, 0.15) is 5.75 Å². The van der Waals surface area contributed by atoms with E-state index < -0.39 is 5.56 Å². The molecule has 0 saturated heterocycles. The first kappa shape index (κ1) is 9.73. The van der Waals surface area contributed by atoms with Crippen LogP contribution in [0.25, 0.3) is 0 Å². The van der Waals surface area contributed by atoms with Crippen molar-refractivity contribution in [1.82, 2.24) is 9.97 Å². The molecule has 76 valence electrons. The number of aromatic amines is 1. The van der Waals surface area contributed by atoms with Crippen LogP contribution in [0.1, 0.15) is 0 Å². The number of hydrogen-bond donors (Lipinski definition) is 1. The van der Waals surface area contributed by atoms with E-state index in [9.17, 15) is 4.79 Å². The van der Waals surface area contributed by atoms with Crippen molar-refractivity contribution in [3.63, 3.8) is 0 Å². The quantitative estimate of drug-likeness (QED) is 0.793. The average Bonchev–Trinajstić information content (AvgIpc) is 2.25. The summed E-state index contributed by atoms with van der Waals surface area (Å²) in [7, 11) is 0. The maximum absolute atomic E-state index is 11.3. The molecule has 0 aliphatic carbocycles. The Kier molecular flexibility index (Phi) is 2.69. The lowest BCUT2D eigenvalue weighted by molar-refractivity contribution is 0.472. The second-order valence-corrected chi connectivity index (χ2v) is 3.12. The fourth-order valence-electron chi connectivity index (χ4n) is 1.06. The largest absolute Gasteiger partial charge is 0.448 e. The van der Waals surface area contributed by atoms with Crippen LogP contribution in [0, 0.1) is 0 Å². The van der Waals surface area contributed by atoms with Crippen molar-refractivity contribution in [3.8, 4) is 11.5 Å². The van der Waals surface area contributed by atoms with Gasteiger partial charge in [0, 0.05) is 0 Å². The number of para-hydroxylation sites is 1. The third kappa shape index (κ3) is 2.16. The number of rotatable bonds is 2. The second kappa shape index (κ2) is 4.14. The number of nitrogens with zero attached hydrogens (tertiary/aromatic N) is 1. The van der Waals surface area contributed by atoms with Crippen LogP contribution in [0.2, 0.25) is 5.15 Å². The summed E-state index contributed by atoms with van der Waals surface area (Å²) in [6.07, 6.45) is 1.22. The maximum Gasteiger partial charge on any atom is 0.295 e. The number of halogens is 1. The van der Waals surface area contributed by atoms with Gasteiger partial charge in [0.15, 0.2) is 5.15 Å². The predicted octanol–water partition coefficient (Wildman–Crippen LogP) is 2.22. The van der Waals surface area contributed by atoms with E-state index in [-0.39, 0.29) is 10.9 Å². The molecule has 0 atom stereocenters. The Balaban J connectivity index is 2.37. The number of aromatic nitrogens is 2. The molecule has 0 saturated carbocycles. The van der Waals surface area contributed by atoms with Crippen LogP contribution < -0.4 is 10.3 Å². The third-order valence-electron chi connectivity index (χ3n) is 1.73. The van der Waals surface area contributed by atoms with Gasteiger partial charge in [-0.05, 0) is 12.1 Å². The molecule has 2 rings (SSSR count). The summed E-state index contributed by atoms with van der Waals surface area (Å²) in [6.45, 7) is 0. The van der Waals surface area contributed by atoms with Crippen molar-refractivity contribution in [1.29, 1.82) is 0 Å². The molecule has 0 bridgehead atoms. The van der Waals surface area contributed by atoms with Gasteiger partial charge in [0.2, 0.25) is 5.75 Å². The fourth-order valence-corrected chi connectivity index (χ4v) is 1.23. The van der Waals surface area contributed by atoms with Gasteiger partial charge in [0.05, 0.1) is 6.33 Å². The lowest BCUT2D eigenvalue weighted by Crippen LogP contribution is -2.09. The lowest BCUT2D eigenvalue weighted by atomic mass is 10.3. The Morgan fingerprint density at radius 2 is 2.00 bits per heavy atom. The number of hydrogen-bond acceptors (Lipinski definition) is 3. The Morgan fingerprint density at radius 1 is 1.27 bits per heavy atom. The standard InChI is InChI=1S/C10H7ClN2O2/c11-9-8(10(14)13-6-12-9)15-7-4-2-1-3-5-7/h1-6H,(H,12,13,14). The van der Waals surface area contributed by atoms with Crippen molar-refractivity contribution >= 4 is 11.6 Å². The molecule has 0 aliphatic heterocycles. The highest BCUT2D eigenvalue weighted by molar-refractivity contribution is 6.30. The van der Waals surface area contributed by atoms with Crippen LogP contribution in [0.3, 0.4) is 0 Å². The summed E-state index contributed by atoms with van der Waals surface area (Å²) in [6, 6.07) is 8.90. The maximum atomic E-state index is 11.3.